The molecular formula is C23H21NO4. The van der Waals surface area contributed by atoms with Crippen LogP contribution in [0.1, 0.15) is 16.7 Å². The summed E-state index contributed by atoms with van der Waals surface area (Å²) in [6, 6.07) is 16.3. The lowest BCUT2D eigenvalue weighted by molar-refractivity contribution is -0.114. The number of ether oxygens (including phenoxy) is 2. The summed E-state index contributed by atoms with van der Waals surface area (Å²) in [6.45, 7) is 0.411. The molecule has 1 aromatic heterocycles. The number of benzene rings is 2. The van der Waals surface area contributed by atoms with E-state index in [4.69, 9.17) is 9.47 Å². The Hall–Kier alpha value is -3.60. The quantitative estimate of drug-likeness (QED) is 0.598. The highest BCUT2D eigenvalue weighted by Gasteiger charge is 2.08. The normalized spacial score (nSPS) is 10.8. The molecule has 5 heteroatoms. The Labute approximate surface area is 163 Å². The second-order valence-corrected chi connectivity index (χ2v) is 6.16. The van der Waals surface area contributed by atoms with Crippen LogP contribution in [0, 0.1) is 0 Å². The molecule has 0 atom stereocenters. The van der Waals surface area contributed by atoms with Crippen LogP contribution in [-0.2, 0) is 17.8 Å². The van der Waals surface area contributed by atoms with E-state index in [2.05, 4.69) is 4.98 Å². The van der Waals surface area contributed by atoms with Gasteiger partial charge >= 0.3 is 0 Å². The highest BCUT2D eigenvalue weighted by molar-refractivity contribution is 5.95. The summed E-state index contributed by atoms with van der Waals surface area (Å²) in [4.78, 5) is 16.4. The largest absolute Gasteiger partial charge is 0.504 e. The molecule has 0 aliphatic carbocycles. The van der Waals surface area contributed by atoms with Crippen molar-refractivity contribution >= 4 is 11.9 Å². The summed E-state index contributed by atoms with van der Waals surface area (Å²) >= 11 is 0. The Bertz CT molecular complexity index is 967. The molecule has 0 radical (unpaired) electrons. The van der Waals surface area contributed by atoms with Gasteiger partial charge in [-0.15, -0.1) is 0 Å². The highest BCUT2D eigenvalue weighted by atomic mass is 16.5. The lowest BCUT2D eigenvalue weighted by Crippen LogP contribution is -2.03. The van der Waals surface area contributed by atoms with Gasteiger partial charge in [-0.2, -0.15) is 0 Å². The number of hydrogen-bond donors (Lipinski definition) is 1. The molecule has 28 heavy (non-hydrogen) atoms. The zero-order valence-electron chi connectivity index (χ0n) is 15.5. The first-order valence-electron chi connectivity index (χ1n) is 8.83. The van der Waals surface area contributed by atoms with E-state index >= 15 is 0 Å². The molecule has 0 unspecified atom stereocenters. The van der Waals surface area contributed by atoms with E-state index in [-0.39, 0.29) is 18.0 Å². The summed E-state index contributed by atoms with van der Waals surface area (Å²) < 4.78 is 10.9. The molecule has 0 amide bonds. The first kappa shape index (κ1) is 19.2. The highest BCUT2D eigenvalue weighted by Crippen LogP contribution is 2.27. The number of phenolic OH excluding ortho intramolecular Hbond substituents is 1. The smallest absolute Gasteiger partial charge is 0.160 e. The van der Waals surface area contributed by atoms with Crippen molar-refractivity contribution in [3.63, 3.8) is 0 Å². The molecule has 2 aromatic carbocycles. The van der Waals surface area contributed by atoms with E-state index < -0.39 is 0 Å². The van der Waals surface area contributed by atoms with Crippen LogP contribution >= 0.6 is 0 Å². The summed E-state index contributed by atoms with van der Waals surface area (Å²) in [6.07, 6.45) is 6.83. The van der Waals surface area contributed by atoms with Crippen molar-refractivity contribution in [1.82, 2.24) is 4.98 Å². The molecule has 0 bridgehead atoms. The molecule has 0 saturated carbocycles. The fraction of sp³-hybridized carbons (Fsp3) is 0.130. The van der Waals surface area contributed by atoms with Crippen LogP contribution in [0.2, 0.25) is 0 Å². The number of nitrogens with zero attached hydrogens (tertiary/aromatic N) is 1. The Balaban J connectivity index is 1.64. The number of aromatic nitrogens is 1. The second-order valence-electron chi connectivity index (χ2n) is 6.16. The van der Waals surface area contributed by atoms with Crippen LogP contribution in [0.4, 0.5) is 0 Å². The molecular weight excluding hydrogens is 354 g/mol. The number of para-hydroxylation sites is 1. The lowest BCUT2D eigenvalue weighted by Gasteiger charge is -2.10. The van der Waals surface area contributed by atoms with E-state index in [9.17, 15) is 9.90 Å². The molecule has 0 aliphatic heterocycles. The van der Waals surface area contributed by atoms with E-state index in [0.717, 1.165) is 11.1 Å². The molecule has 1 heterocycles. The molecule has 3 aromatic rings. The minimum Gasteiger partial charge on any atom is -0.504 e. The number of carbonyl (C=O) groups excluding carboxylic acids is 1. The van der Waals surface area contributed by atoms with Crippen LogP contribution in [0.5, 0.6) is 17.2 Å². The zero-order chi connectivity index (χ0) is 19.8. The van der Waals surface area contributed by atoms with Gasteiger partial charge in [-0.3, -0.25) is 9.78 Å². The van der Waals surface area contributed by atoms with Crippen molar-refractivity contribution in [3.8, 4) is 17.2 Å². The number of aromatic hydroxyl groups is 1. The average molecular weight is 375 g/mol. The maximum absolute atomic E-state index is 12.4. The number of carbonyl (C=O) groups is 1. The minimum atomic E-state index is -0.0599. The molecule has 0 fully saturated rings. The van der Waals surface area contributed by atoms with Crippen LogP contribution in [0.25, 0.3) is 6.08 Å². The maximum atomic E-state index is 12.4. The first-order valence-corrected chi connectivity index (χ1v) is 8.83. The second kappa shape index (κ2) is 9.37. The Morgan fingerprint density at radius 1 is 1.07 bits per heavy atom. The lowest BCUT2D eigenvalue weighted by atomic mass is 10.1. The zero-order valence-corrected chi connectivity index (χ0v) is 15.5. The standard InChI is InChI=1S/C23H21NO4/c1-27-23-9-7-17(14-21(23)26)6-8-20(25)15-19-4-2-3-5-22(19)28-16-18-10-12-24-13-11-18/h2-14,26H,15-16H2,1H3/b8-6+. The molecule has 1 N–H and O–H groups in total. The monoisotopic (exact) mass is 375 g/mol. The van der Waals surface area contributed by atoms with Crippen molar-refractivity contribution in [3.05, 3.63) is 89.8 Å². The van der Waals surface area contributed by atoms with Gasteiger partial charge in [0.05, 0.1) is 7.11 Å². The van der Waals surface area contributed by atoms with Crippen LogP contribution in [0.15, 0.2) is 73.1 Å². The number of hydrogen-bond acceptors (Lipinski definition) is 5. The third kappa shape index (κ3) is 5.20. The van der Waals surface area contributed by atoms with Crippen molar-refractivity contribution < 1.29 is 19.4 Å². The number of phenols is 1. The average Bonchev–Trinajstić information content (AvgIpc) is 2.72. The molecule has 142 valence electrons. The van der Waals surface area contributed by atoms with Gasteiger partial charge in [-0.1, -0.05) is 30.3 Å². The van der Waals surface area contributed by atoms with Crippen molar-refractivity contribution in [2.75, 3.05) is 7.11 Å². The number of rotatable bonds is 8. The molecule has 3 rings (SSSR count). The van der Waals surface area contributed by atoms with Gasteiger partial charge in [0.25, 0.3) is 0 Å². The number of ketones is 1. The summed E-state index contributed by atoms with van der Waals surface area (Å²) in [5, 5.41) is 9.82. The Morgan fingerprint density at radius 3 is 2.61 bits per heavy atom. The third-order valence-electron chi connectivity index (χ3n) is 4.15. The molecule has 0 aliphatic rings. The molecule has 5 nitrogen and oxygen atoms in total. The van der Waals surface area contributed by atoms with Crippen molar-refractivity contribution in [1.29, 1.82) is 0 Å². The van der Waals surface area contributed by atoms with Crippen LogP contribution in [0.3, 0.4) is 0 Å². The van der Waals surface area contributed by atoms with E-state index in [1.807, 2.05) is 36.4 Å². The Kier molecular flexibility index (Phi) is 6.41. The first-order chi connectivity index (χ1) is 13.7. The Morgan fingerprint density at radius 2 is 1.86 bits per heavy atom. The van der Waals surface area contributed by atoms with Gasteiger partial charge in [0.1, 0.15) is 12.4 Å². The van der Waals surface area contributed by atoms with E-state index in [1.54, 1.807) is 36.7 Å². The fourth-order valence-electron chi connectivity index (χ4n) is 2.68. The van der Waals surface area contributed by atoms with Gasteiger partial charge in [0.15, 0.2) is 17.3 Å². The van der Waals surface area contributed by atoms with E-state index in [1.165, 1.54) is 13.2 Å². The summed E-state index contributed by atoms with van der Waals surface area (Å²) in [5.74, 6) is 1.05. The van der Waals surface area contributed by atoms with Crippen LogP contribution in [-0.4, -0.2) is 23.0 Å². The molecule has 0 saturated heterocycles. The SMILES string of the molecule is COc1ccc(/C=C/C(=O)Cc2ccccc2OCc2ccncc2)cc1O. The number of pyridine rings is 1. The van der Waals surface area contributed by atoms with Gasteiger partial charge in [0.2, 0.25) is 0 Å². The predicted octanol–water partition coefficient (Wildman–Crippen LogP) is 4.20. The van der Waals surface area contributed by atoms with E-state index in [0.29, 0.717) is 23.7 Å². The molecule has 0 spiro atoms. The minimum absolute atomic E-state index is 0.0342. The van der Waals surface area contributed by atoms with Gasteiger partial charge in [-0.25, -0.2) is 0 Å². The van der Waals surface area contributed by atoms with Crippen molar-refractivity contribution in [2.45, 2.75) is 13.0 Å². The fourth-order valence-corrected chi connectivity index (χ4v) is 2.68. The number of allylic oxidation sites excluding steroid dienone is 1. The van der Waals surface area contributed by atoms with Crippen molar-refractivity contribution in [2.24, 2.45) is 0 Å². The summed E-state index contributed by atoms with van der Waals surface area (Å²) in [7, 11) is 1.49. The summed E-state index contributed by atoms with van der Waals surface area (Å²) in [5.41, 5.74) is 2.55. The van der Waals surface area contributed by atoms with Gasteiger partial charge in [-0.05, 0) is 47.5 Å². The third-order valence-corrected chi connectivity index (χ3v) is 4.15. The van der Waals surface area contributed by atoms with Crippen LogP contribution < -0.4 is 9.47 Å². The topological polar surface area (TPSA) is 68.7 Å². The number of methoxy groups -OCH3 is 1. The predicted molar refractivity (Wildman–Crippen MR) is 107 cm³/mol. The van der Waals surface area contributed by atoms with Gasteiger partial charge in [0, 0.05) is 24.4 Å². The maximum Gasteiger partial charge on any atom is 0.160 e. The van der Waals surface area contributed by atoms with Gasteiger partial charge < -0.3 is 14.6 Å².